The number of hydrogen-bond donors (Lipinski definition) is 0. The van der Waals surface area contributed by atoms with Crippen LogP contribution in [0.15, 0.2) is 0 Å². The summed E-state index contributed by atoms with van der Waals surface area (Å²) < 4.78 is 0. The Morgan fingerprint density at radius 1 is 1.43 bits per heavy atom. The molecular formula is C12H23NO. The van der Waals surface area contributed by atoms with Gasteiger partial charge < -0.3 is 4.90 Å². The van der Waals surface area contributed by atoms with Crippen molar-refractivity contribution in [2.45, 2.75) is 33.6 Å². The zero-order valence-corrected chi connectivity index (χ0v) is 9.92. The number of carbonyl (C=O) groups excluding carboxylic acids is 1. The lowest BCUT2D eigenvalue weighted by Crippen LogP contribution is -2.38. The minimum absolute atomic E-state index is 0.288. The first kappa shape index (κ1) is 11.7. The molecule has 0 aliphatic heterocycles. The van der Waals surface area contributed by atoms with E-state index >= 15 is 0 Å². The Kier molecular flexibility index (Phi) is 4.11. The Morgan fingerprint density at radius 2 is 2.07 bits per heavy atom. The molecule has 0 amide bonds. The highest BCUT2D eigenvalue weighted by molar-refractivity contribution is 5.82. The van der Waals surface area contributed by atoms with E-state index in [1.165, 1.54) is 6.42 Å². The first-order chi connectivity index (χ1) is 6.54. The Labute approximate surface area is 87.7 Å². The van der Waals surface area contributed by atoms with Crippen LogP contribution in [0.4, 0.5) is 0 Å². The molecule has 14 heavy (non-hydrogen) atoms. The summed E-state index contributed by atoms with van der Waals surface area (Å²) in [4.78, 5) is 14.1. The van der Waals surface area contributed by atoms with Gasteiger partial charge in [-0.25, -0.2) is 0 Å². The molecule has 0 bridgehead atoms. The average Bonchev–Trinajstić information content (AvgIpc) is 2.10. The van der Waals surface area contributed by atoms with Crippen LogP contribution in [-0.4, -0.2) is 30.8 Å². The molecule has 82 valence electrons. The zero-order valence-electron chi connectivity index (χ0n) is 9.92. The third kappa shape index (κ3) is 2.81. The molecule has 0 heterocycles. The highest BCUT2D eigenvalue weighted by Gasteiger charge is 2.32. The molecule has 0 aromatic carbocycles. The van der Waals surface area contributed by atoms with Gasteiger partial charge in [-0.1, -0.05) is 20.8 Å². The molecular weight excluding hydrogens is 174 g/mol. The number of ketones is 1. The quantitative estimate of drug-likeness (QED) is 0.691. The van der Waals surface area contributed by atoms with E-state index < -0.39 is 0 Å². The number of carbonyl (C=O) groups is 1. The van der Waals surface area contributed by atoms with Crippen molar-refractivity contribution in [1.82, 2.24) is 4.90 Å². The maximum absolute atomic E-state index is 11.8. The van der Waals surface area contributed by atoms with Crippen molar-refractivity contribution in [2.24, 2.45) is 17.8 Å². The van der Waals surface area contributed by atoms with Crippen LogP contribution < -0.4 is 0 Å². The molecule has 0 aromatic rings. The highest BCUT2D eigenvalue weighted by Crippen LogP contribution is 2.31. The maximum atomic E-state index is 11.8. The molecule has 3 unspecified atom stereocenters. The Balaban J connectivity index is 2.54. The van der Waals surface area contributed by atoms with E-state index in [0.29, 0.717) is 17.6 Å². The van der Waals surface area contributed by atoms with Crippen molar-refractivity contribution < 1.29 is 4.79 Å². The first-order valence-corrected chi connectivity index (χ1v) is 5.75. The molecule has 2 heteroatoms. The van der Waals surface area contributed by atoms with E-state index in [0.717, 1.165) is 19.5 Å². The van der Waals surface area contributed by atoms with Crippen molar-refractivity contribution in [3.05, 3.63) is 0 Å². The summed E-state index contributed by atoms with van der Waals surface area (Å²) in [7, 11) is 2.10. The van der Waals surface area contributed by atoms with Crippen LogP contribution in [0.1, 0.15) is 33.6 Å². The summed E-state index contributed by atoms with van der Waals surface area (Å²) in [5.41, 5.74) is 0. The van der Waals surface area contributed by atoms with Gasteiger partial charge in [0.25, 0.3) is 0 Å². The van der Waals surface area contributed by atoms with Crippen LogP contribution in [0.3, 0.4) is 0 Å². The Hall–Kier alpha value is -0.370. The Morgan fingerprint density at radius 3 is 2.57 bits per heavy atom. The summed E-state index contributed by atoms with van der Waals surface area (Å²) in [6.45, 7) is 8.53. The van der Waals surface area contributed by atoms with Crippen molar-refractivity contribution in [3.63, 3.8) is 0 Å². The molecule has 1 aliphatic rings. The third-order valence-corrected chi connectivity index (χ3v) is 3.47. The molecule has 1 aliphatic carbocycles. The number of nitrogens with zero attached hydrogens (tertiary/aromatic N) is 1. The summed E-state index contributed by atoms with van der Waals surface area (Å²) in [6.07, 6.45) is 2.01. The van der Waals surface area contributed by atoms with E-state index in [1.807, 2.05) is 0 Å². The summed E-state index contributed by atoms with van der Waals surface area (Å²) >= 11 is 0. The van der Waals surface area contributed by atoms with Crippen molar-refractivity contribution >= 4 is 5.78 Å². The van der Waals surface area contributed by atoms with E-state index in [4.69, 9.17) is 0 Å². The van der Waals surface area contributed by atoms with Gasteiger partial charge in [0.1, 0.15) is 5.78 Å². The second kappa shape index (κ2) is 4.92. The molecule has 0 spiro atoms. The molecule has 1 saturated carbocycles. The fraction of sp³-hybridized carbons (Fsp3) is 0.917. The third-order valence-electron chi connectivity index (χ3n) is 3.47. The van der Waals surface area contributed by atoms with Crippen LogP contribution in [0.5, 0.6) is 0 Å². The summed E-state index contributed by atoms with van der Waals surface area (Å²) in [5, 5.41) is 0. The predicted molar refractivity (Wildman–Crippen MR) is 59.2 cm³/mol. The van der Waals surface area contributed by atoms with Crippen molar-refractivity contribution in [2.75, 3.05) is 20.1 Å². The van der Waals surface area contributed by atoms with Gasteiger partial charge in [0.2, 0.25) is 0 Å². The van der Waals surface area contributed by atoms with Crippen molar-refractivity contribution in [1.29, 1.82) is 0 Å². The molecule has 1 fully saturated rings. The molecule has 0 radical (unpaired) electrons. The minimum atomic E-state index is 0.288. The average molecular weight is 197 g/mol. The van der Waals surface area contributed by atoms with E-state index in [1.54, 1.807) is 0 Å². The predicted octanol–water partition coefficient (Wildman–Crippen LogP) is 2.19. The Bertz CT molecular complexity index is 202. The fourth-order valence-corrected chi connectivity index (χ4v) is 2.44. The van der Waals surface area contributed by atoms with Crippen LogP contribution in [0.2, 0.25) is 0 Å². The monoisotopic (exact) mass is 197 g/mol. The maximum Gasteiger partial charge on any atom is 0.137 e. The lowest BCUT2D eigenvalue weighted by molar-refractivity contribution is -0.128. The van der Waals surface area contributed by atoms with Gasteiger partial charge in [-0.2, -0.15) is 0 Å². The number of Topliss-reactive ketones (excluding diaryl/α,β-unsaturated/α-hetero) is 1. The normalized spacial score (nSPS) is 33.8. The van der Waals surface area contributed by atoms with Crippen LogP contribution in [-0.2, 0) is 4.79 Å². The largest absolute Gasteiger partial charge is 0.306 e. The lowest BCUT2D eigenvalue weighted by atomic mass is 9.74. The molecule has 2 nitrogen and oxygen atoms in total. The standard InChI is InChI=1S/C12H23NO/c1-5-13(4)8-11-10(3)6-9(2)7-12(11)14/h9-11H,5-8H2,1-4H3. The molecule has 0 saturated heterocycles. The van der Waals surface area contributed by atoms with E-state index in [9.17, 15) is 4.79 Å². The van der Waals surface area contributed by atoms with Gasteiger partial charge in [-0.3, -0.25) is 4.79 Å². The first-order valence-electron chi connectivity index (χ1n) is 5.75. The van der Waals surface area contributed by atoms with E-state index in [2.05, 4.69) is 32.7 Å². The van der Waals surface area contributed by atoms with Gasteiger partial charge in [0, 0.05) is 18.9 Å². The van der Waals surface area contributed by atoms with Crippen LogP contribution in [0.25, 0.3) is 0 Å². The summed E-state index contributed by atoms with van der Waals surface area (Å²) in [6, 6.07) is 0. The smallest absolute Gasteiger partial charge is 0.137 e. The SMILES string of the molecule is CCN(C)CC1C(=O)CC(C)CC1C. The second-order valence-corrected chi connectivity index (χ2v) is 4.95. The zero-order chi connectivity index (χ0) is 10.7. The lowest BCUT2D eigenvalue weighted by Gasteiger charge is -2.33. The van der Waals surface area contributed by atoms with Gasteiger partial charge in [-0.15, -0.1) is 0 Å². The van der Waals surface area contributed by atoms with Gasteiger partial charge in [0.05, 0.1) is 0 Å². The number of hydrogen-bond acceptors (Lipinski definition) is 2. The summed E-state index contributed by atoms with van der Waals surface area (Å²) in [5.74, 6) is 1.94. The molecule has 3 atom stereocenters. The van der Waals surface area contributed by atoms with Crippen molar-refractivity contribution in [3.8, 4) is 0 Å². The minimum Gasteiger partial charge on any atom is -0.306 e. The van der Waals surface area contributed by atoms with Gasteiger partial charge >= 0.3 is 0 Å². The van der Waals surface area contributed by atoms with Gasteiger partial charge in [-0.05, 0) is 31.8 Å². The molecule has 1 rings (SSSR count). The fourth-order valence-electron chi connectivity index (χ4n) is 2.44. The highest BCUT2D eigenvalue weighted by atomic mass is 16.1. The molecule has 0 aromatic heterocycles. The number of rotatable bonds is 3. The second-order valence-electron chi connectivity index (χ2n) is 4.95. The van der Waals surface area contributed by atoms with E-state index in [-0.39, 0.29) is 5.92 Å². The van der Waals surface area contributed by atoms with Gasteiger partial charge in [0.15, 0.2) is 0 Å². The topological polar surface area (TPSA) is 20.3 Å². The van der Waals surface area contributed by atoms with Crippen LogP contribution >= 0.6 is 0 Å². The van der Waals surface area contributed by atoms with Crippen LogP contribution in [0, 0.1) is 17.8 Å². The molecule has 0 N–H and O–H groups in total.